The molecule has 0 radical (unpaired) electrons. The van der Waals surface area contributed by atoms with Gasteiger partial charge >= 0.3 is 0 Å². The number of nitrogens with two attached hydrogens (primary N) is 2. The molecule has 2 aromatic carbocycles. The van der Waals surface area contributed by atoms with Crippen LogP contribution in [0.5, 0.6) is 0 Å². The molecule has 3 nitrogen and oxygen atoms in total. The average Bonchev–Trinajstić information content (AvgIpc) is 2.81. The molecule has 1 atom stereocenters. The smallest absolute Gasteiger partial charge is 0.0491 e. The van der Waals surface area contributed by atoms with Crippen molar-refractivity contribution >= 4 is 21.8 Å². The van der Waals surface area contributed by atoms with Gasteiger partial charge in [0.05, 0.1) is 0 Å². The largest absolute Gasteiger partial charge is 0.341 e. The second-order valence-corrected chi connectivity index (χ2v) is 5.65. The zero-order valence-corrected chi connectivity index (χ0v) is 12.5. The number of hydrogen-bond acceptors (Lipinski definition) is 2. The number of para-hydroxylation sites is 1. The normalized spacial score (nSPS) is 13.1. The van der Waals surface area contributed by atoms with Crippen LogP contribution in [0.2, 0.25) is 0 Å². The summed E-state index contributed by atoms with van der Waals surface area (Å²) < 4.78 is 2.37. The van der Waals surface area contributed by atoms with Gasteiger partial charge in [-0.1, -0.05) is 24.3 Å². The Balaban J connectivity index is 2.11. The summed E-state index contributed by atoms with van der Waals surface area (Å²) >= 11 is 0. The Morgan fingerprint density at radius 3 is 2.57 bits per heavy atom. The van der Waals surface area contributed by atoms with Crippen molar-refractivity contribution in [1.29, 1.82) is 0 Å². The number of benzene rings is 2. The number of rotatable bonds is 5. The fraction of sp³-hybridized carbons (Fsp3) is 0.333. The lowest BCUT2D eigenvalue weighted by Gasteiger charge is -2.10. The maximum absolute atomic E-state index is 6.12. The van der Waals surface area contributed by atoms with Crippen molar-refractivity contribution in [3.05, 3.63) is 48.0 Å². The van der Waals surface area contributed by atoms with Crippen LogP contribution in [0.3, 0.4) is 0 Å². The Labute approximate surface area is 125 Å². The molecule has 3 heteroatoms. The molecule has 0 aliphatic rings. The van der Waals surface area contributed by atoms with Gasteiger partial charge in [0.2, 0.25) is 0 Å². The van der Waals surface area contributed by atoms with E-state index in [0.29, 0.717) is 6.54 Å². The Hall–Kier alpha value is -1.84. The first-order valence-electron chi connectivity index (χ1n) is 7.70. The van der Waals surface area contributed by atoms with E-state index in [1.807, 2.05) is 0 Å². The lowest BCUT2D eigenvalue weighted by molar-refractivity contribution is 0.619. The van der Waals surface area contributed by atoms with Crippen molar-refractivity contribution in [3.8, 4) is 0 Å². The minimum absolute atomic E-state index is 0.145. The van der Waals surface area contributed by atoms with Crippen LogP contribution >= 0.6 is 0 Å². The van der Waals surface area contributed by atoms with E-state index in [4.69, 9.17) is 11.5 Å². The molecule has 21 heavy (non-hydrogen) atoms. The van der Waals surface area contributed by atoms with Crippen LogP contribution in [0.4, 0.5) is 0 Å². The van der Waals surface area contributed by atoms with Crippen LogP contribution < -0.4 is 11.5 Å². The number of fused-ring (bicyclic) bond motifs is 3. The van der Waals surface area contributed by atoms with Crippen LogP contribution in [0.15, 0.2) is 42.5 Å². The summed E-state index contributed by atoms with van der Waals surface area (Å²) in [5.41, 5.74) is 15.6. The van der Waals surface area contributed by atoms with Gasteiger partial charge in [-0.3, -0.25) is 0 Å². The predicted molar refractivity (Wildman–Crippen MR) is 90.5 cm³/mol. The predicted octanol–water partition coefficient (Wildman–Crippen LogP) is 3.03. The van der Waals surface area contributed by atoms with Crippen LogP contribution in [0.1, 0.15) is 18.9 Å². The van der Waals surface area contributed by atoms with Crippen molar-refractivity contribution < 1.29 is 0 Å². The zero-order valence-electron chi connectivity index (χ0n) is 12.5. The summed E-state index contributed by atoms with van der Waals surface area (Å²) in [6.45, 7) is 3.82. The Morgan fingerprint density at radius 1 is 1.05 bits per heavy atom. The topological polar surface area (TPSA) is 57.0 Å². The summed E-state index contributed by atoms with van der Waals surface area (Å²) in [4.78, 5) is 0. The zero-order chi connectivity index (χ0) is 14.8. The quantitative estimate of drug-likeness (QED) is 0.755. The Kier molecular flexibility index (Phi) is 3.95. The third kappa shape index (κ3) is 2.55. The molecule has 0 saturated carbocycles. The minimum atomic E-state index is 0.145. The first-order valence-corrected chi connectivity index (χ1v) is 7.70. The van der Waals surface area contributed by atoms with E-state index in [1.54, 1.807) is 0 Å². The second-order valence-electron chi connectivity index (χ2n) is 5.65. The van der Waals surface area contributed by atoms with Crippen molar-refractivity contribution in [1.82, 2.24) is 4.57 Å². The fourth-order valence-corrected chi connectivity index (χ4v) is 3.19. The number of hydrogen-bond donors (Lipinski definition) is 2. The van der Waals surface area contributed by atoms with E-state index in [0.717, 1.165) is 19.4 Å². The van der Waals surface area contributed by atoms with E-state index >= 15 is 0 Å². The average molecular weight is 281 g/mol. The van der Waals surface area contributed by atoms with E-state index in [1.165, 1.54) is 27.4 Å². The molecule has 0 aliphatic carbocycles. The molecule has 1 unspecified atom stereocenters. The van der Waals surface area contributed by atoms with Gasteiger partial charge in [0.25, 0.3) is 0 Å². The summed E-state index contributed by atoms with van der Waals surface area (Å²) in [6, 6.07) is 15.5. The molecular formula is C18H23N3. The highest BCUT2D eigenvalue weighted by Crippen LogP contribution is 2.29. The minimum Gasteiger partial charge on any atom is -0.341 e. The SMILES string of the molecule is CCn1c2ccccc2c2cc(CC(N)CCN)ccc21. The molecule has 0 fully saturated rings. The first-order chi connectivity index (χ1) is 10.2. The highest BCUT2D eigenvalue weighted by atomic mass is 15.0. The Bertz CT molecular complexity index is 758. The van der Waals surface area contributed by atoms with Gasteiger partial charge in [0, 0.05) is 34.4 Å². The fourth-order valence-electron chi connectivity index (χ4n) is 3.19. The van der Waals surface area contributed by atoms with E-state index in [2.05, 4.69) is 54.0 Å². The van der Waals surface area contributed by atoms with E-state index < -0.39 is 0 Å². The molecular weight excluding hydrogens is 258 g/mol. The number of aromatic nitrogens is 1. The maximum atomic E-state index is 6.12. The third-order valence-corrected chi connectivity index (χ3v) is 4.19. The number of nitrogens with zero attached hydrogens (tertiary/aromatic N) is 1. The van der Waals surface area contributed by atoms with Crippen LogP contribution in [-0.2, 0) is 13.0 Å². The molecule has 110 valence electrons. The monoisotopic (exact) mass is 281 g/mol. The van der Waals surface area contributed by atoms with Crippen LogP contribution in [0, 0.1) is 0 Å². The molecule has 3 aromatic rings. The Morgan fingerprint density at radius 2 is 1.81 bits per heavy atom. The summed E-state index contributed by atoms with van der Waals surface area (Å²) in [5, 5.41) is 2.65. The maximum Gasteiger partial charge on any atom is 0.0491 e. The van der Waals surface area contributed by atoms with Crippen LogP contribution in [0.25, 0.3) is 21.8 Å². The van der Waals surface area contributed by atoms with Crippen LogP contribution in [-0.4, -0.2) is 17.2 Å². The van der Waals surface area contributed by atoms with Gasteiger partial charge in [0.15, 0.2) is 0 Å². The van der Waals surface area contributed by atoms with E-state index in [-0.39, 0.29) is 6.04 Å². The molecule has 0 bridgehead atoms. The molecule has 4 N–H and O–H groups in total. The molecule has 0 spiro atoms. The first kappa shape index (κ1) is 14.1. The van der Waals surface area contributed by atoms with Gasteiger partial charge in [-0.25, -0.2) is 0 Å². The van der Waals surface area contributed by atoms with Gasteiger partial charge < -0.3 is 16.0 Å². The third-order valence-electron chi connectivity index (χ3n) is 4.19. The van der Waals surface area contributed by atoms with Gasteiger partial charge in [-0.2, -0.15) is 0 Å². The molecule has 0 saturated heterocycles. The lowest BCUT2D eigenvalue weighted by atomic mass is 10.0. The highest BCUT2D eigenvalue weighted by molar-refractivity contribution is 6.08. The standard InChI is InChI=1S/C18H23N3/c1-2-21-17-6-4-3-5-15(17)16-12-13(7-8-18(16)21)11-14(20)9-10-19/h3-8,12,14H,2,9-11,19-20H2,1H3. The summed E-state index contributed by atoms with van der Waals surface area (Å²) in [7, 11) is 0. The lowest BCUT2D eigenvalue weighted by Crippen LogP contribution is -2.25. The summed E-state index contributed by atoms with van der Waals surface area (Å²) in [6.07, 6.45) is 1.76. The van der Waals surface area contributed by atoms with Crippen molar-refractivity contribution in [2.45, 2.75) is 32.4 Å². The van der Waals surface area contributed by atoms with Gasteiger partial charge in [-0.05, 0) is 50.1 Å². The van der Waals surface area contributed by atoms with Crippen molar-refractivity contribution in [2.24, 2.45) is 11.5 Å². The molecule has 0 aliphatic heterocycles. The molecule has 1 heterocycles. The molecule has 1 aromatic heterocycles. The van der Waals surface area contributed by atoms with Crippen molar-refractivity contribution in [3.63, 3.8) is 0 Å². The summed E-state index contributed by atoms with van der Waals surface area (Å²) in [5.74, 6) is 0. The van der Waals surface area contributed by atoms with Gasteiger partial charge in [0.1, 0.15) is 0 Å². The molecule has 3 rings (SSSR count). The molecule has 0 amide bonds. The highest BCUT2D eigenvalue weighted by Gasteiger charge is 2.10. The second kappa shape index (κ2) is 5.88. The van der Waals surface area contributed by atoms with E-state index in [9.17, 15) is 0 Å². The number of aryl methyl sites for hydroxylation is 1. The van der Waals surface area contributed by atoms with Crippen molar-refractivity contribution in [2.75, 3.05) is 6.54 Å². The van der Waals surface area contributed by atoms with Gasteiger partial charge in [-0.15, -0.1) is 0 Å².